The predicted octanol–water partition coefficient (Wildman–Crippen LogP) is 2.19. The van der Waals surface area contributed by atoms with Gasteiger partial charge in [-0.2, -0.15) is 0 Å². The molecule has 1 amide bonds. The van der Waals surface area contributed by atoms with Gasteiger partial charge in [0.2, 0.25) is 20.9 Å². The van der Waals surface area contributed by atoms with Crippen LogP contribution in [0.3, 0.4) is 0 Å². The molecule has 1 aromatic heterocycles. The van der Waals surface area contributed by atoms with Crippen LogP contribution in [0.15, 0.2) is 5.16 Å². The van der Waals surface area contributed by atoms with Crippen molar-refractivity contribution in [2.45, 2.75) is 75.4 Å². The molecule has 0 aromatic carbocycles. The van der Waals surface area contributed by atoms with Gasteiger partial charge in [-0.15, -0.1) is 10.2 Å². The first kappa shape index (κ1) is 18.6. The quantitative estimate of drug-likeness (QED) is 0.781. The van der Waals surface area contributed by atoms with Gasteiger partial charge in [-0.3, -0.25) is 4.79 Å². The van der Waals surface area contributed by atoms with Crippen LogP contribution in [-0.2, 0) is 21.7 Å². The highest BCUT2D eigenvalue weighted by molar-refractivity contribution is 7.91. The van der Waals surface area contributed by atoms with Crippen LogP contribution in [0.1, 0.15) is 70.0 Å². The Morgan fingerprint density at radius 1 is 1.14 bits per heavy atom. The normalized spacial score (nSPS) is 35.1. The van der Waals surface area contributed by atoms with E-state index in [1.807, 2.05) is 0 Å². The van der Waals surface area contributed by atoms with Gasteiger partial charge in [0.1, 0.15) is 11.6 Å². The molecule has 28 heavy (non-hydrogen) atoms. The van der Waals surface area contributed by atoms with Gasteiger partial charge in [-0.05, 0) is 81.5 Å². The smallest absolute Gasteiger partial charge is 0.250 e. The van der Waals surface area contributed by atoms with Crippen molar-refractivity contribution >= 4 is 15.7 Å². The summed E-state index contributed by atoms with van der Waals surface area (Å²) < 4.78 is 27.1. The van der Waals surface area contributed by atoms with E-state index in [9.17, 15) is 13.2 Å². The number of nitrogens with zero attached hydrogens (tertiary/aromatic N) is 3. The zero-order valence-electron chi connectivity index (χ0n) is 16.7. The molecule has 0 aliphatic heterocycles. The third-order valence-electron chi connectivity index (χ3n) is 7.79. The van der Waals surface area contributed by atoms with Crippen LogP contribution in [0.25, 0.3) is 0 Å². The highest BCUT2D eigenvalue weighted by Crippen LogP contribution is 2.61. The molecule has 5 saturated carbocycles. The molecule has 1 atom stereocenters. The Morgan fingerprint density at radius 2 is 1.71 bits per heavy atom. The Morgan fingerprint density at radius 3 is 2.25 bits per heavy atom. The van der Waals surface area contributed by atoms with E-state index in [0.717, 1.165) is 30.6 Å². The maximum atomic E-state index is 12.8. The number of hydrogen-bond donors (Lipinski definition) is 1. The summed E-state index contributed by atoms with van der Waals surface area (Å²) >= 11 is 0. The molecule has 1 unspecified atom stereocenters. The van der Waals surface area contributed by atoms with Crippen molar-refractivity contribution in [2.75, 3.05) is 5.75 Å². The first-order valence-electron chi connectivity index (χ1n) is 10.7. The highest BCUT2D eigenvalue weighted by Gasteiger charge is 2.53. The van der Waals surface area contributed by atoms with Gasteiger partial charge in [0.05, 0.1) is 0 Å². The van der Waals surface area contributed by atoms with Crippen LogP contribution < -0.4 is 5.32 Å². The lowest BCUT2D eigenvalue weighted by Crippen LogP contribution is -2.56. The van der Waals surface area contributed by atoms with E-state index in [0.29, 0.717) is 11.7 Å². The first-order chi connectivity index (χ1) is 13.3. The molecule has 5 fully saturated rings. The number of carbonyl (C=O) groups excluding carboxylic acids is 1. The molecule has 0 saturated heterocycles. The number of amides is 1. The van der Waals surface area contributed by atoms with E-state index in [2.05, 4.69) is 22.4 Å². The Bertz CT molecular complexity index is 867. The van der Waals surface area contributed by atoms with Crippen molar-refractivity contribution in [3.63, 3.8) is 0 Å². The predicted molar refractivity (Wildman–Crippen MR) is 103 cm³/mol. The molecule has 8 heteroatoms. The number of rotatable bonds is 6. The van der Waals surface area contributed by atoms with Crippen LogP contribution >= 0.6 is 0 Å². The second-order valence-corrected chi connectivity index (χ2v) is 11.9. The van der Waals surface area contributed by atoms with Crippen LogP contribution in [0.4, 0.5) is 0 Å². The fraction of sp³-hybridized carbons (Fsp3) is 0.850. The van der Waals surface area contributed by atoms with Crippen LogP contribution in [-0.4, -0.2) is 40.9 Å². The summed E-state index contributed by atoms with van der Waals surface area (Å²) in [5, 5.41) is 10.9. The van der Waals surface area contributed by atoms with E-state index >= 15 is 0 Å². The summed E-state index contributed by atoms with van der Waals surface area (Å²) in [5.41, 5.74) is 0.165. The van der Waals surface area contributed by atoms with Gasteiger partial charge in [0, 0.05) is 19.0 Å². The molecule has 4 bridgehead atoms. The monoisotopic (exact) mass is 406 g/mol. The average Bonchev–Trinajstić information content (AvgIpc) is 3.34. The second kappa shape index (κ2) is 6.28. The Hall–Kier alpha value is -1.44. The fourth-order valence-corrected chi connectivity index (χ4v) is 7.91. The number of sulfone groups is 1. The SMILES string of the molecule is CC(NC(=O)CS(=O)(=O)c1nnc(C2CC2)n1C)C12CC3CC(CC(C3)C1)C2. The second-order valence-electron chi connectivity index (χ2n) is 10.0. The van der Waals surface area contributed by atoms with Crippen molar-refractivity contribution in [2.24, 2.45) is 30.2 Å². The average molecular weight is 407 g/mol. The topological polar surface area (TPSA) is 93.9 Å². The van der Waals surface area contributed by atoms with E-state index in [1.165, 1.54) is 38.5 Å². The highest BCUT2D eigenvalue weighted by atomic mass is 32.2. The van der Waals surface area contributed by atoms with Gasteiger partial charge in [-0.1, -0.05) is 0 Å². The summed E-state index contributed by atoms with van der Waals surface area (Å²) in [4.78, 5) is 12.7. The lowest BCUT2D eigenvalue weighted by molar-refractivity contribution is -0.123. The van der Waals surface area contributed by atoms with Gasteiger partial charge in [0.15, 0.2) is 0 Å². The minimum Gasteiger partial charge on any atom is -0.352 e. The third kappa shape index (κ3) is 3.08. The third-order valence-corrected chi connectivity index (χ3v) is 9.35. The number of hydrogen-bond acceptors (Lipinski definition) is 5. The Balaban J connectivity index is 1.27. The maximum absolute atomic E-state index is 12.8. The summed E-state index contributed by atoms with van der Waals surface area (Å²) in [6.45, 7) is 2.07. The van der Waals surface area contributed by atoms with E-state index in [4.69, 9.17) is 0 Å². The lowest BCUT2D eigenvalue weighted by atomic mass is 9.48. The molecule has 154 valence electrons. The van der Waals surface area contributed by atoms with Crippen LogP contribution in [0.2, 0.25) is 0 Å². The van der Waals surface area contributed by atoms with E-state index < -0.39 is 21.5 Å². The Kier molecular flexibility index (Phi) is 4.17. The Labute approximate surface area is 166 Å². The van der Waals surface area contributed by atoms with Gasteiger partial charge >= 0.3 is 0 Å². The zero-order chi connectivity index (χ0) is 19.7. The molecule has 1 N–H and O–H groups in total. The largest absolute Gasteiger partial charge is 0.352 e. The van der Waals surface area contributed by atoms with E-state index in [-0.39, 0.29) is 16.6 Å². The maximum Gasteiger partial charge on any atom is 0.250 e. The van der Waals surface area contributed by atoms with Crippen LogP contribution in [0.5, 0.6) is 0 Å². The number of carbonyl (C=O) groups is 1. The summed E-state index contributed by atoms with van der Waals surface area (Å²) in [7, 11) is -2.12. The molecule has 7 nitrogen and oxygen atoms in total. The molecule has 1 aromatic rings. The van der Waals surface area contributed by atoms with Crippen LogP contribution in [0, 0.1) is 23.2 Å². The molecule has 1 heterocycles. The standard InChI is InChI=1S/C20H30N4O3S/c1-12(20-8-13-5-14(9-20)7-15(6-13)10-20)21-17(25)11-28(26,27)19-23-22-18(24(19)2)16-3-4-16/h12-16H,3-11H2,1-2H3,(H,21,25). The summed E-state index contributed by atoms with van der Waals surface area (Å²) in [5.74, 6) is 2.45. The van der Waals surface area contributed by atoms with E-state index in [1.54, 1.807) is 11.6 Å². The van der Waals surface area contributed by atoms with Crippen molar-refractivity contribution in [3.05, 3.63) is 5.82 Å². The van der Waals surface area contributed by atoms with Crippen molar-refractivity contribution in [3.8, 4) is 0 Å². The van der Waals surface area contributed by atoms with Gasteiger partial charge in [-0.25, -0.2) is 8.42 Å². The van der Waals surface area contributed by atoms with Gasteiger partial charge in [0.25, 0.3) is 0 Å². The molecular weight excluding hydrogens is 376 g/mol. The first-order valence-corrected chi connectivity index (χ1v) is 12.3. The fourth-order valence-electron chi connectivity index (χ4n) is 6.68. The molecule has 5 aliphatic carbocycles. The minimum atomic E-state index is -3.80. The number of aromatic nitrogens is 3. The minimum absolute atomic E-state index is 0.0186. The zero-order valence-corrected chi connectivity index (χ0v) is 17.5. The van der Waals surface area contributed by atoms with Crippen molar-refractivity contribution < 1.29 is 13.2 Å². The molecule has 0 radical (unpaired) electrons. The number of nitrogens with one attached hydrogen (secondary N) is 1. The summed E-state index contributed by atoms with van der Waals surface area (Å²) in [6.07, 6.45) is 9.64. The summed E-state index contributed by atoms with van der Waals surface area (Å²) in [6, 6.07) is 0.0186. The molecule has 6 rings (SSSR count). The molecule has 0 spiro atoms. The van der Waals surface area contributed by atoms with Gasteiger partial charge < -0.3 is 9.88 Å². The molecular formula is C20H30N4O3S. The van der Waals surface area contributed by atoms with Crippen molar-refractivity contribution in [1.82, 2.24) is 20.1 Å². The van der Waals surface area contributed by atoms with Crippen molar-refractivity contribution in [1.29, 1.82) is 0 Å². The molecule has 5 aliphatic rings. The lowest BCUT2D eigenvalue weighted by Gasteiger charge is -2.59.